The lowest BCUT2D eigenvalue weighted by atomic mass is 10.0. The number of hydrazine groups is 1. The molecule has 0 fully saturated rings. The number of hydrogen-bond acceptors (Lipinski definition) is 4. The summed E-state index contributed by atoms with van der Waals surface area (Å²) < 4.78 is 5.02. The molecule has 1 aromatic rings. The average molecular weight is 395 g/mol. The Morgan fingerprint density at radius 3 is 2.37 bits per heavy atom. The summed E-state index contributed by atoms with van der Waals surface area (Å²) in [4.78, 5) is 25.1. The number of carbonyl (C=O) groups is 2. The SMILES string of the molecule is COC[C@@H](C)NC(=S)NNC(=O)[C@@H](CC(C)C)NC(=O)c1ccccc1C. The molecule has 8 heteroatoms. The van der Waals surface area contributed by atoms with Gasteiger partial charge in [-0.1, -0.05) is 32.0 Å². The van der Waals surface area contributed by atoms with Gasteiger partial charge in [-0.05, 0) is 50.0 Å². The molecule has 0 unspecified atom stereocenters. The summed E-state index contributed by atoms with van der Waals surface area (Å²) in [5.41, 5.74) is 6.63. The number of carbonyl (C=O) groups excluding carboxylic acids is 2. The lowest BCUT2D eigenvalue weighted by molar-refractivity contribution is -0.123. The summed E-state index contributed by atoms with van der Waals surface area (Å²) in [7, 11) is 1.60. The van der Waals surface area contributed by atoms with Gasteiger partial charge in [0.1, 0.15) is 6.04 Å². The van der Waals surface area contributed by atoms with Crippen molar-refractivity contribution in [3.8, 4) is 0 Å². The third-order valence-electron chi connectivity index (χ3n) is 3.81. The zero-order valence-corrected chi connectivity index (χ0v) is 17.4. The maximum absolute atomic E-state index is 12.6. The monoisotopic (exact) mass is 394 g/mol. The molecule has 0 aliphatic rings. The number of nitrogens with one attached hydrogen (secondary N) is 4. The molecule has 4 N–H and O–H groups in total. The molecule has 150 valence electrons. The Morgan fingerprint density at radius 1 is 1.11 bits per heavy atom. The Morgan fingerprint density at radius 2 is 1.78 bits per heavy atom. The van der Waals surface area contributed by atoms with E-state index in [4.69, 9.17) is 17.0 Å². The lowest BCUT2D eigenvalue weighted by Gasteiger charge is -2.22. The number of thiocarbonyl (C=S) groups is 1. The Hall–Kier alpha value is -2.19. The van der Waals surface area contributed by atoms with E-state index in [2.05, 4.69) is 21.5 Å². The summed E-state index contributed by atoms with van der Waals surface area (Å²) >= 11 is 5.14. The van der Waals surface area contributed by atoms with Crippen molar-refractivity contribution in [1.29, 1.82) is 0 Å². The van der Waals surface area contributed by atoms with Crippen LogP contribution in [0.25, 0.3) is 0 Å². The highest BCUT2D eigenvalue weighted by atomic mass is 32.1. The molecule has 27 heavy (non-hydrogen) atoms. The molecule has 0 bridgehead atoms. The molecular weight excluding hydrogens is 364 g/mol. The van der Waals surface area contributed by atoms with Gasteiger partial charge in [0.2, 0.25) is 0 Å². The van der Waals surface area contributed by atoms with Gasteiger partial charge in [-0.3, -0.25) is 20.4 Å². The van der Waals surface area contributed by atoms with Gasteiger partial charge in [0, 0.05) is 18.7 Å². The predicted molar refractivity (Wildman–Crippen MR) is 110 cm³/mol. The second kappa shape index (κ2) is 11.5. The van der Waals surface area contributed by atoms with Crippen LogP contribution in [-0.2, 0) is 9.53 Å². The van der Waals surface area contributed by atoms with E-state index >= 15 is 0 Å². The smallest absolute Gasteiger partial charge is 0.260 e. The first-order valence-electron chi connectivity index (χ1n) is 8.96. The maximum atomic E-state index is 12.6. The van der Waals surface area contributed by atoms with Crippen molar-refractivity contribution in [3.63, 3.8) is 0 Å². The van der Waals surface area contributed by atoms with Crippen LogP contribution in [0.1, 0.15) is 43.1 Å². The molecular formula is C19H30N4O3S. The highest BCUT2D eigenvalue weighted by Crippen LogP contribution is 2.10. The molecule has 7 nitrogen and oxygen atoms in total. The van der Waals surface area contributed by atoms with Crippen LogP contribution in [0.15, 0.2) is 24.3 Å². The summed E-state index contributed by atoms with van der Waals surface area (Å²) in [6.45, 7) is 8.24. The quantitative estimate of drug-likeness (QED) is 0.396. The standard InChI is InChI=1S/C19H30N4O3S/c1-12(2)10-16(21-17(24)15-9-7-6-8-13(15)3)18(25)22-23-19(27)20-14(4)11-26-5/h6-9,12,14,16H,10-11H2,1-5H3,(H,21,24)(H,22,25)(H2,20,23,27)/t14-,16-/m1/s1. The summed E-state index contributed by atoms with van der Waals surface area (Å²) in [5, 5.41) is 6.08. The molecule has 1 aromatic carbocycles. The van der Waals surface area contributed by atoms with E-state index in [1.54, 1.807) is 19.2 Å². The van der Waals surface area contributed by atoms with E-state index in [-0.39, 0.29) is 28.9 Å². The van der Waals surface area contributed by atoms with Crippen molar-refractivity contribution in [2.24, 2.45) is 5.92 Å². The van der Waals surface area contributed by atoms with Gasteiger partial charge in [-0.15, -0.1) is 0 Å². The minimum Gasteiger partial charge on any atom is -0.383 e. The number of rotatable bonds is 8. The van der Waals surface area contributed by atoms with Crippen molar-refractivity contribution in [2.45, 2.75) is 46.2 Å². The molecule has 1 rings (SSSR count). The first-order valence-corrected chi connectivity index (χ1v) is 9.37. The molecule has 0 heterocycles. The van der Waals surface area contributed by atoms with Gasteiger partial charge in [-0.25, -0.2) is 0 Å². The molecule has 0 saturated heterocycles. The summed E-state index contributed by atoms with van der Waals surface area (Å²) in [5.74, 6) is -0.401. The van der Waals surface area contributed by atoms with E-state index in [1.807, 2.05) is 39.8 Å². The van der Waals surface area contributed by atoms with Crippen LogP contribution in [0, 0.1) is 12.8 Å². The zero-order valence-electron chi connectivity index (χ0n) is 16.6. The molecule has 0 radical (unpaired) electrons. The molecule has 0 spiro atoms. The largest absolute Gasteiger partial charge is 0.383 e. The van der Waals surface area contributed by atoms with Crippen molar-refractivity contribution in [2.75, 3.05) is 13.7 Å². The van der Waals surface area contributed by atoms with Crippen molar-refractivity contribution < 1.29 is 14.3 Å². The Kier molecular flexibility index (Phi) is 9.74. The number of benzene rings is 1. The van der Waals surface area contributed by atoms with E-state index in [1.165, 1.54) is 0 Å². The molecule has 2 atom stereocenters. The third kappa shape index (κ3) is 8.36. The highest BCUT2D eigenvalue weighted by molar-refractivity contribution is 7.80. The van der Waals surface area contributed by atoms with Crippen LogP contribution >= 0.6 is 12.2 Å². The predicted octanol–water partition coefficient (Wildman–Crippen LogP) is 1.67. The van der Waals surface area contributed by atoms with Crippen LogP contribution in [0.5, 0.6) is 0 Å². The fourth-order valence-electron chi connectivity index (χ4n) is 2.52. The minimum absolute atomic E-state index is 0.000813. The van der Waals surface area contributed by atoms with Crippen LogP contribution in [0.2, 0.25) is 0 Å². The van der Waals surface area contributed by atoms with Gasteiger partial charge >= 0.3 is 0 Å². The van der Waals surface area contributed by atoms with Crippen molar-refractivity contribution in [3.05, 3.63) is 35.4 Å². The van der Waals surface area contributed by atoms with E-state index in [9.17, 15) is 9.59 Å². The fraction of sp³-hybridized carbons (Fsp3) is 0.526. The first kappa shape index (κ1) is 22.9. The molecule has 0 aliphatic carbocycles. The van der Waals surface area contributed by atoms with Gasteiger partial charge < -0.3 is 15.4 Å². The summed E-state index contributed by atoms with van der Waals surface area (Å²) in [6, 6.07) is 6.59. The number of ether oxygens (including phenoxy) is 1. The molecule has 0 aliphatic heterocycles. The topological polar surface area (TPSA) is 91.5 Å². The number of hydrogen-bond donors (Lipinski definition) is 4. The van der Waals surface area contributed by atoms with E-state index in [0.717, 1.165) is 5.56 Å². The molecule has 0 aromatic heterocycles. The lowest BCUT2D eigenvalue weighted by Crippen LogP contribution is -2.55. The van der Waals surface area contributed by atoms with Crippen LogP contribution in [0.4, 0.5) is 0 Å². The second-order valence-corrected chi connectivity index (χ2v) is 7.32. The first-order chi connectivity index (χ1) is 12.7. The third-order valence-corrected chi connectivity index (χ3v) is 4.03. The van der Waals surface area contributed by atoms with Gasteiger partial charge in [0.25, 0.3) is 11.8 Å². The van der Waals surface area contributed by atoms with Gasteiger partial charge in [0.05, 0.1) is 6.61 Å². The van der Waals surface area contributed by atoms with Gasteiger partial charge in [-0.2, -0.15) is 0 Å². The Bertz CT molecular complexity index is 652. The maximum Gasteiger partial charge on any atom is 0.260 e. The Balaban J connectivity index is 2.67. The number of aryl methyl sites for hydroxylation is 1. The number of amides is 2. The average Bonchev–Trinajstić information content (AvgIpc) is 2.59. The highest BCUT2D eigenvalue weighted by Gasteiger charge is 2.23. The fourth-order valence-corrected chi connectivity index (χ4v) is 2.78. The van der Waals surface area contributed by atoms with Crippen LogP contribution in [-0.4, -0.2) is 42.7 Å². The van der Waals surface area contributed by atoms with Crippen LogP contribution < -0.4 is 21.5 Å². The molecule has 0 saturated carbocycles. The second-order valence-electron chi connectivity index (χ2n) is 6.91. The molecule has 2 amide bonds. The van der Waals surface area contributed by atoms with Crippen LogP contribution in [0.3, 0.4) is 0 Å². The van der Waals surface area contributed by atoms with E-state index < -0.39 is 6.04 Å². The Labute approximate surface area is 166 Å². The van der Waals surface area contributed by atoms with Crippen molar-refractivity contribution >= 4 is 29.1 Å². The van der Waals surface area contributed by atoms with E-state index in [0.29, 0.717) is 18.6 Å². The normalized spacial score (nSPS) is 12.8. The van der Waals surface area contributed by atoms with Crippen molar-refractivity contribution in [1.82, 2.24) is 21.5 Å². The summed E-state index contributed by atoms with van der Waals surface area (Å²) in [6.07, 6.45) is 0.505. The zero-order chi connectivity index (χ0) is 20.4. The number of methoxy groups -OCH3 is 1. The van der Waals surface area contributed by atoms with Gasteiger partial charge in [0.15, 0.2) is 5.11 Å². The minimum atomic E-state index is -0.677.